The van der Waals surface area contributed by atoms with Gasteiger partial charge >= 0.3 is 11.9 Å². The molecule has 0 aliphatic heterocycles. The average Bonchev–Trinajstić information content (AvgIpc) is 2.24. The molecule has 0 bridgehead atoms. The fraction of sp³-hybridized carbons (Fsp3) is 0.867. The zero-order valence-corrected chi connectivity index (χ0v) is 12.4. The first kappa shape index (κ1) is 17.9. The molecule has 0 aliphatic carbocycles. The summed E-state index contributed by atoms with van der Waals surface area (Å²) >= 11 is 0. The van der Waals surface area contributed by atoms with E-state index in [4.69, 9.17) is 10.2 Å². The minimum Gasteiger partial charge on any atom is -0.481 e. The van der Waals surface area contributed by atoms with E-state index in [2.05, 4.69) is 20.8 Å². The lowest BCUT2D eigenvalue weighted by Crippen LogP contribution is -2.23. The Hall–Kier alpha value is -1.06. The van der Waals surface area contributed by atoms with E-state index in [1.807, 2.05) is 0 Å². The summed E-state index contributed by atoms with van der Waals surface area (Å²) in [6, 6.07) is 0. The summed E-state index contributed by atoms with van der Waals surface area (Å²) in [7, 11) is 0. The number of rotatable bonds is 10. The van der Waals surface area contributed by atoms with Gasteiger partial charge in [0.1, 0.15) is 0 Å². The maximum absolute atomic E-state index is 10.7. The Labute approximate surface area is 116 Å². The number of aliphatic carboxylic acids is 2. The van der Waals surface area contributed by atoms with Crippen molar-refractivity contribution < 1.29 is 19.8 Å². The molecule has 0 heterocycles. The molecule has 0 unspecified atom stereocenters. The lowest BCUT2D eigenvalue weighted by atomic mass is 9.89. The number of carbonyl (C=O) groups is 2. The molecule has 0 aromatic rings. The summed E-state index contributed by atoms with van der Waals surface area (Å²) in [5.74, 6) is -3.68. The highest BCUT2D eigenvalue weighted by Crippen LogP contribution is 2.22. The number of unbranched alkanes of at least 4 members (excludes halogenated alkanes) is 5. The summed E-state index contributed by atoms with van der Waals surface area (Å²) in [4.78, 5) is 21.3. The Bertz CT molecular complexity index is 264. The molecule has 0 atom stereocenters. The van der Waals surface area contributed by atoms with E-state index in [9.17, 15) is 9.59 Å². The van der Waals surface area contributed by atoms with Gasteiger partial charge in [0.25, 0.3) is 0 Å². The zero-order chi connectivity index (χ0) is 14.9. The van der Waals surface area contributed by atoms with Gasteiger partial charge in [-0.1, -0.05) is 59.3 Å². The lowest BCUT2D eigenvalue weighted by Gasteiger charge is -2.17. The molecule has 0 rings (SSSR count). The second-order valence-electron chi connectivity index (χ2n) is 6.45. The molecule has 0 radical (unpaired) electrons. The van der Waals surface area contributed by atoms with Gasteiger partial charge in [0.2, 0.25) is 0 Å². The van der Waals surface area contributed by atoms with Crippen LogP contribution in [0, 0.1) is 11.3 Å². The van der Waals surface area contributed by atoms with Crippen LogP contribution >= 0.6 is 0 Å². The van der Waals surface area contributed by atoms with Gasteiger partial charge in [0, 0.05) is 0 Å². The van der Waals surface area contributed by atoms with Gasteiger partial charge in [-0.15, -0.1) is 0 Å². The molecule has 0 aromatic carbocycles. The largest absolute Gasteiger partial charge is 0.481 e. The third-order valence-electron chi connectivity index (χ3n) is 3.27. The highest BCUT2D eigenvalue weighted by molar-refractivity contribution is 5.92. The first-order valence-electron chi connectivity index (χ1n) is 7.19. The fourth-order valence-corrected chi connectivity index (χ4v) is 2.06. The van der Waals surface area contributed by atoms with E-state index in [1.54, 1.807) is 0 Å². The van der Waals surface area contributed by atoms with Gasteiger partial charge in [-0.25, -0.2) is 0 Å². The van der Waals surface area contributed by atoms with Crippen LogP contribution in [-0.4, -0.2) is 22.2 Å². The third kappa shape index (κ3) is 10.5. The summed E-state index contributed by atoms with van der Waals surface area (Å²) < 4.78 is 0. The van der Waals surface area contributed by atoms with E-state index >= 15 is 0 Å². The van der Waals surface area contributed by atoms with Gasteiger partial charge in [-0.05, 0) is 18.3 Å². The van der Waals surface area contributed by atoms with Crippen molar-refractivity contribution in [2.24, 2.45) is 11.3 Å². The first-order valence-corrected chi connectivity index (χ1v) is 7.19. The van der Waals surface area contributed by atoms with E-state index in [0.29, 0.717) is 11.8 Å². The topological polar surface area (TPSA) is 74.6 Å². The van der Waals surface area contributed by atoms with Crippen molar-refractivity contribution in [3.63, 3.8) is 0 Å². The molecule has 4 heteroatoms. The standard InChI is InChI=1S/C15H28O4/c1-15(2,3)11-9-7-5-4-6-8-10-12(13(16)17)14(18)19/h12H,4-11H2,1-3H3,(H,16,17)(H,18,19). The average molecular weight is 272 g/mol. The molecule has 0 spiro atoms. The summed E-state index contributed by atoms with van der Waals surface area (Å²) in [5, 5.41) is 17.4. The van der Waals surface area contributed by atoms with Crippen LogP contribution in [0.25, 0.3) is 0 Å². The maximum Gasteiger partial charge on any atom is 0.317 e. The summed E-state index contributed by atoms with van der Waals surface area (Å²) in [5.41, 5.74) is 0.399. The molecule has 0 fully saturated rings. The summed E-state index contributed by atoms with van der Waals surface area (Å²) in [6.45, 7) is 6.72. The molecular weight excluding hydrogens is 244 g/mol. The SMILES string of the molecule is CC(C)(C)CCCCCCCCC(C(=O)O)C(=O)O. The zero-order valence-electron chi connectivity index (χ0n) is 12.4. The molecular formula is C15H28O4. The normalized spacial score (nSPS) is 11.8. The van der Waals surface area contributed by atoms with E-state index in [1.165, 1.54) is 19.3 Å². The van der Waals surface area contributed by atoms with E-state index in [0.717, 1.165) is 19.3 Å². The molecule has 0 aliphatic rings. The molecule has 0 amide bonds. The fourth-order valence-electron chi connectivity index (χ4n) is 2.06. The van der Waals surface area contributed by atoms with E-state index < -0.39 is 17.9 Å². The highest BCUT2D eigenvalue weighted by atomic mass is 16.4. The van der Waals surface area contributed by atoms with Gasteiger partial charge < -0.3 is 10.2 Å². The lowest BCUT2D eigenvalue weighted by molar-refractivity contribution is -0.154. The summed E-state index contributed by atoms with van der Waals surface area (Å²) in [6.07, 6.45) is 7.74. The molecule has 0 saturated heterocycles. The van der Waals surface area contributed by atoms with Crippen molar-refractivity contribution >= 4 is 11.9 Å². The smallest absolute Gasteiger partial charge is 0.317 e. The van der Waals surface area contributed by atoms with Crippen molar-refractivity contribution in [2.45, 2.75) is 72.1 Å². The maximum atomic E-state index is 10.7. The number of hydrogen-bond donors (Lipinski definition) is 2. The van der Waals surface area contributed by atoms with Gasteiger partial charge in [0.15, 0.2) is 5.92 Å². The van der Waals surface area contributed by atoms with Crippen LogP contribution in [0.1, 0.15) is 72.1 Å². The van der Waals surface area contributed by atoms with E-state index in [-0.39, 0.29) is 6.42 Å². The van der Waals surface area contributed by atoms with Gasteiger partial charge in [0.05, 0.1) is 0 Å². The molecule has 112 valence electrons. The van der Waals surface area contributed by atoms with Crippen LogP contribution < -0.4 is 0 Å². The predicted octanol–water partition coefficient (Wildman–Crippen LogP) is 3.94. The molecule has 19 heavy (non-hydrogen) atoms. The quantitative estimate of drug-likeness (QED) is 0.466. The number of hydrogen-bond acceptors (Lipinski definition) is 2. The minimum absolute atomic E-state index is 0.243. The molecule has 0 saturated carbocycles. The third-order valence-corrected chi connectivity index (χ3v) is 3.27. The van der Waals surface area contributed by atoms with Crippen molar-refractivity contribution in [3.8, 4) is 0 Å². The van der Waals surface area contributed by atoms with Crippen LogP contribution in [0.4, 0.5) is 0 Å². The van der Waals surface area contributed by atoms with Crippen LogP contribution in [0.15, 0.2) is 0 Å². The van der Waals surface area contributed by atoms with Crippen LogP contribution in [0.2, 0.25) is 0 Å². The van der Waals surface area contributed by atoms with Gasteiger partial charge in [-0.3, -0.25) is 9.59 Å². The Morgan fingerprint density at radius 2 is 1.26 bits per heavy atom. The van der Waals surface area contributed by atoms with Crippen molar-refractivity contribution in [3.05, 3.63) is 0 Å². The Kier molecular flexibility index (Phi) is 8.44. The Balaban J connectivity index is 3.50. The van der Waals surface area contributed by atoms with Gasteiger partial charge in [-0.2, -0.15) is 0 Å². The molecule has 2 N–H and O–H groups in total. The Morgan fingerprint density at radius 3 is 1.68 bits per heavy atom. The van der Waals surface area contributed by atoms with Crippen molar-refractivity contribution in [1.29, 1.82) is 0 Å². The van der Waals surface area contributed by atoms with Crippen LogP contribution in [-0.2, 0) is 9.59 Å². The molecule has 4 nitrogen and oxygen atoms in total. The Morgan fingerprint density at radius 1 is 0.842 bits per heavy atom. The predicted molar refractivity (Wildman–Crippen MR) is 75.2 cm³/mol. The van der Waals surface area contributed by atoms with Crippen molar-refractivity contribution in [2.75, 3.05) is 0 Å². The number of carboxylic acids is 2. The minimum atomic E-state index is -1.24. The second kappa shape index (κ2) is 8.94. The van der Waals surface area contributed by atoms with Crippen LogP contribution in [0.5, 0.6) is 0 Å². The first-order chi connectivity index (χ1) is 8.74. The molecule has 0 aromatic heterocycles. The monoisotopic (exact) mass is 272 g/mol. The van der Waals surface area contributed by atoms with Crippen molar-refractivity contribution in [1.82, 2.24) is 0 Å². The highest BCUT2D eigenvalue weighted by Gasteiger charge is 2.24. The second-order valence-corrected chi connectivity index (χ2v) is 6.45. The number of carboxylic acid groups (broad SMARTS) is 2. The van der Waals surface area contributed by atoms with Crippen LogP contribution in [0.3, 0.4) is 0 Å².